The van der Waals surface area contributed by atoms with Crippen LogP contribution in [0.15, 0.2) is 109 Å². The quantitative estimate of drug-likeness (QED) is 0.108. The highest BCUT2D eigenvalue weighted by molar-refractivity contribution is 6.23. The lowest BCUT2D eigenvalue weighted by atomic mass is 9.92. The lowest BCUT2D eigenvalue weighted by molar-refractivity contribution is 0.454. The molecule has 0 radical (unpaired) electrons. The first kappa shape index (κ1) is 29.5. The van der Waals surface area contributed by atoms with E-state index in [1.54, 1.807) is 18.2 Å². The van der Waals surface area contributed by atoms with Gasteiger partial charge < -0.3 is 0 Å². The fraction of sp³-hybridized carbons (Fsp3) is 0. The van der Waals surface area contributed by atoms with Crippen LogP contribution >= 0.6 is 0 Å². The Kier molecular flexibility index (Phi) is 6.86. The van der Waals surface area contributed by atoms with E-state index in [4.69, 9.17) is 20.4 Å². The average molecular weight is 647 g/mol. The number of pyridine rings is 1. The zero-order chi connectivity index (χ0) is 33.8. The molecule has 6 nitrogen and oxygen atoms in total. The van der Waals surface area contributed by atoms with Crippen molar-refractivity contribution >= 4 is 32.7 Å². The summed E-state index contributed by atoms with van der Waals surface area (Å²) >= 11 is 0. The Labute approximate surface area is 275 Å². The Morgan fingerprint density at radius 1 is 0.571 bits per heavy atom. The average Bonchev–Trinajstić information content (AvgIpc) is 3.60. The van der Waals surface area contributed by atoms with Crippen molar-refractivity contribution in [1.29, 1.82) is 10.5 Å². The largest absolute Gasteiger partial charge is 0.247 e. The smallest absolute Gasteiger partial charge is 0.180 e. The molecule has 0 spiro atoms. The van der Waals surface area contributed by atoms with E-state index in [0.717, 1.165) is 16.7 Å². The second-order valence-corrected chi connectivity index (χ2v) is 11.2. The van der Waals surface area contributed by atoms with Gasteiger partial charge in [-0.2, -0.15) is 15.3 Å². The summed E-state index contributed by atoms with van der Waals surface area (Å²) in [5, 5.41) is 30.2. The molecule has 0 aliphatic heterocycles. The summed E-state index contributed by atoms with van der Waals surface area (Å²) in [6.07, 6.45) is 0. The van der Waals surface area contributed by atoms with Gasteiger partial charge in [0.25, 0.3) is 0 Å². The maximum absolute atomic E-state index is 15.2. The molecule has 0 N–H and O–H groups in total. The van der Waals surface area contributed by atoms with Crippen molar-refractivity contribution in [2.24, 2.45) is 0 Å². The monoisotopic (exact) mass is 646 g/mol. The van der Waals surface area contributed by atoms with E-state index in [0.29, 0.717) is 44.1 Å². The van der Waals surface area contributed by atoms with Gasteiger partial charge in [-0.3, -0.25) is 0 Å². The lowest BCUT2D eigenvalue weighted by Gasteiger charge is -2.14. The number of hydrogen-bond acceptors (Lipinski definition) is 5. The molecule has 8 aromatic rings. The zero-order valence-corrected chi connectivity index (χ0v) is 25.1. The zero-order valence-electron chi connectivity index (χ0n) is 25.1. The molecular formula is C39H18F4N6. The van der Waals surface area contributed by atoms with Crippen LogP contribution in [-0.2, 0) is 0 Å². The van der Waals surface area contributed by atoms with Gasteiger partial charge in [-0.15, -0.1) is 10.2 Å². The Hall–Kier alpha value is -6.91. The molecule has 0 aliphatic rings. The standard InChI is InChI=1S/C39H18F4N6/c40-33-29(20-45)34(41)36(43)31(35(33)42)24-15-16-26-30(17-24)46-37(23-7-3-1-4-8-23)28-18-27(22-13-11-21(19-44)12-14-22)38-39(32(26)28)48-49(47-38)25-9-5-2-6-10-25/h1-18H. The predicted octanol–water partition coefficient (Wildman–Crippen LogP) is 9.42. The van der Waals surface area contributed by atoms with Crippen LogP contribution in [-0.4, -0.2) is 20.0 Å². The van der Waals surface area contributed by atoms with Crippen molar-refractivity contribution in [1.82, 2.24) is 20.0 Å². The molecule has 8 rings (SSSR count). The number of rotatable bonds is 4. The highest BCUT2D eigenvalue weighted by Gasteiger charge is 2.27. The normalized spacial score (nSPS) is 11.2. The van der Waals surface area contributed by atoms with Gasteiger partial charge in [0, 0.05) is 27.3 Å². The first-order chi connectivity index (χ1) is 23.9. The van der Waals surface area contributed by atoms with Gasteiger partial charge >= 0.3 is 0 Å². The number of nitrogens with zero attached hydrogens (tertiary/aromatic N) is 6. The maximum Gasteiger partial charge on any atom is 0.180 e. The van der Waals surface area contributed by atoms with Crippen LogP contribution in [0.5, 0.6) is 0 Å². The third-order valence-corrected chi connectivity index (χ3v) is 8.44. The number of para-hydroxylation sites is 1. The number of benzene rings is 6. The number of fused-ring (bicyclic) bond motifs is 5. The van der Waals surface area contributed by atoms with Crippen LogP contribution in [0.25, 0.3) is 71.9 Å². The highest BCUT2D eigenvalue weighted by atomic mass is 19.2. The van der Waals surface area contributed by atoms with Gasteiger partial charge in [0.05, 0.1) is 34.1 Å². The first-order valence-electron chi connectivity index (χ1n) is 14.9. The molecule has 0 saturated carbocycles. The Balaban J connectivity index is 1.50. The minimum atomic E-state index is -1.78. The molecular weight excluding hydrogens is 628 g/mol. The van der Waals surface area contributed by atoms with Crippen molar-refractivity contribution in [2.45, 2.75) is 0 Å². The van der Waals surface area contributed by atoms with Crippen molar-refractivity contribution in [2.75, 3.05) is 0 Å². The summed E-state index contributed by atoms with van der Waals surface area (Å²) in [6.45, 7) is 0. The summed E-state index contributed by atoms with van der Waals surface area (Å²) in [5.74, 6) is -6.91. The third kappa shape index (κ3) is 4.66. The van der Waals surface area contributed by atoms with Gasteiger partial charge in [0.2, 0.25) is 0 Å². The van der Waals surface area contributed by atoms with E-state index in [-0.39, 0.29) is 11.1 Å². The molecule has 6 aromatic carbocycles. The Morgan fingerprint density at radius 3 is 1.86 bits per heavy atom. The van der Waals surface area contributed by atoms with Crippen LogP contribution in [0.1, 0.15) is 11.1 Å². The van der Waals surface area contributed by atoms with E-state index < -0.39 is 34.4 Å². The molecule has 232 valence electrons. The number of halogens is 4. The van der Waals surface area contributed by atoms with E-state index in [2.05, 4.69) is 6.07 Å². The van der Waals surface area contributed by atoms with Crippen molar-refractivity contribution < 1.29 is 17.6 Å². The molecule has 49 heavy (non-hydrogen) atoms. The molecule has 0 fully saturated rings. The lowest BCUT2D eigenvalue weighted by Crippen LogP contribution is -2.04. The van der Waals surface area contributed by atoms with Crippen LogP contribution in [0.2, 0.25) is 0 Å². The highest BCUT2D eigenvalue weighted by Crippen LogP contribution is 2.42. The van der Waals surface area contributed by atoms with Crippen molar-refractivity contribution in [3.05, 3.63) is 144 Å². The van der Waals surface area contributed by atoms with E-state index in [1.165, 1.54) is 23.0 Å². The van der Waals surface area contributed by atoms with Crippen LogP contribution in [0.3, 0.4) is 0 Å². The molecule has 0 amide bonds. The minimum absolute atomic E-state index is 0.172. The summed E-state index contributed by atoms with van der Waals surface area (Å²) in [5.41, 5.74) is 2.84. The molecule has 10 heteroatoms. The van der Waals surface area contributed by atoms with Crippen LogP contribution < -0.4 is 0 Å². The Bertz CT molecular complexity index is 2680. The van der Waals surface area contributed by atoms with E-state index in [1.807, 2.05) is 78.9 Å². The first-order valence-corrected chi connectivity index (χ1v) is 14.9. The molecule has 0 atom stereocenters. The fourth-order valence-electron chi connectivity index (χ4n) is 6.12. The fourth-order valence-corrected chi connectivity index (χ4v) is 6.12. The second kappa shape index (κ2) is 11.4. The summed E-state index contributed by atoms with van der Waals surface area (Å²) in [7, 11) is 0. The van der Waals surface area contributed by atoms with Gasteiger partial charge in [-0.25, -0.2) is 22.5 Å². The topological polar surface area (TPSA) is 91.2 Å². The van der Waals surface area contributed by atoms with Gasteiger partial charge in [0.1, 0.15) is 22.7 Å². The van der Waals surface area contributed by atoms with Gasteiger partial charge in [0.15, 0.2) is 23.3 Å². The Morgan fingerprint density at radius 2 is 1.20 bits per heavy atom. The van der Waals surface area contributed by atoms with Crippen molar-refractivity contribution in [3.8, 4) is 51.3 Å². The number of nitriles is 2. The summed E-state index contributed by atoms with van der Waals surface area (Å²) in [6, 6.07) is 35.3. The van der Waals surface area contributed by atoms with Gasteiger partial charge in [-0.05, 0) is 47.5 Å². The van der Waals surface area contributed by atoms with E-state index in [9.17, 15) is 14.0 Å². The SMILES string of the molecule is N#Cc1ccc(-c2cc3c(-c4ccccc4)nc4cc(-c5c(F)c(F)c(C#N)c(F)c5F)ccc4c3c3nn(-c4ccccc4)nc23)cc1. The minimum Gasteiger partial charge on any atom is -0.247 e. The summed E-state index contributed by atoms with van der Waals surface area (Å²) in [4.78, 5) is 6.47. The number of hydrogen-bond donors (Lipinski definition) is 0. The van der Waals surface area contributed by atoms with Crippen LogP contribution in [0.4, 0.5) is 17.6 Å². The molecule has 0 unspecified atom stereocenters. The predicted molar refractivity (Wildman–Crippen MR) is 177 cm³/mol. The van der Waals surface area contributed by atoms with Crippen molar-refractivity contribution in [3.63, 3.8) is 0 Å². The molecule has 2 aromatic heterocycles. The molecule has 2 heterocycles. The molecule has 0 aliphatic carbocycles. The second-order valence-electron chi connectivity index (χ2n) is 11.2. The molecule has 0 bridgehead atoms. The van der Waals surface area contributed by atoms with Gasteiger partial charge in [-0.1, -0.05) is 72.8 Å². The summed E-state index contributed by atoms with van der Waals surface area (Å²) < 4.78 is 59.8. The van der Waals surface area contributed by atoms with Crippen LogP contribution in [0, 0.1) is 45.9 Å². The third-order valence-electron chi connectivity index (χ3n) is 8.44. The molecule has 0 saturated heterocycles. The number of aromatic nitrogens is 4. The maximum atomic E-state index is 15.2. The van der Waals surface area contributed by atoms with E-state index >= 15 is 8.78 Å².